The molecule has 1 rings (SSSR count). The molecular weight excluding hydrogens is 170 g/mol. The summed E-state index contributed by atoms with van der Waals surface area (Å²) in [4.78, 5) is 0. The highest BCUT2D eigenvalue weighted by atomic mass is 28.3. The summed E-state index contributed by atoms with van der Waals surface area (Å²) in [5.41, 5.74) is 5.25. The van der Waals surface area contributed by atoms with E-state index in [9.17, 15) is 0 Å². The first kappa shape index (κ1) is 10.2. The van der Waals surface area contributed by atoms with Gasteiger partial charge in [-0.1, -0.05) is 19.6 Å². The molecule has 3 nitrogen and oxygen atoms in total. The molecule has 1 aliphatic rings. The van der Waals surface area contributed by atoms with Gasteiger partial charge in [0.2, 0.25) is 0 Å². The molecule has 0 aliphatic carbocycles. The van der Waals surface area contributed by atoms with Gasteiger partial charge in [-0.05, 0) is 6.54 Å². The van der Waals surface area contributed by atoms with E-state index >= 15 is 0 Å². The van der Waals surface area contributed by atoms with E-state index in [0.717, 1.165) is 19.6 Å². The SMILES string of the molecule is C[Si](C)(C)C1(CCN)OCCO1. The van der Waals surface area contributed by atoms with E-state index in [1.165, 1.54) is 0 Å². The maximum Gasteiger partial charge on any atom is 0.152 e. The van der Waals surface area contributed by atoms with Gasteiger partial charge in [0.1, 0.15) is 8.07 Å². The fraction of sp³-hybridized carbons (Fsp3) is 1.00. The first-order valence-electron chi connectivity index (χ1n) is 4.50. The molecule has 2 N–H and O–H groups in total. The second kappa shape index (κ2) is 3.45. The Hall–Kier alpha value is 0.0969. The van der Waals surface area contributed by atoms with Crippen molar-refractivity contribution < 1.29 is 9.47 Å². The van der Waals surface area contributed by atoms with Gasteiger partial charge in [-0.3, -0.25) is 0 Å². The van der Waals surface area contributed by atoms with E-state index in [1.54, 1.807) is 0 Å². The molecule has 1 aliphatic heterocycles. The number of hydrogen-bond donors (Lipinski definition) is 1. The maximum absolute atomic E-state index is 5.70. The summed E-state index contributed by atoms with van der Waals surface area (Å²) in [5.74, 6) is 0. The second-order valence-electron chi connectivity index (χ2n) is 4.24. The zero-order valence-electron chi connectivity index (χ0n) is 8.22. The van der Waals surface area contributed by atoms with Crippen molar-refractivity contribution in [2.75, 3.05) is 19.8 Å². The molecule has 4 heteroatoms. The van der Waals surface area contributed by atoms with E-state index in [2.05, 4.69) is 19.6 Å². The standard InChI is InChI=1S/C8H19NO2Si/c1-12(2,3)8(4-5-9)10-6-7-11-8/h4-7,9H2,1-3H3. The molecule has 0 aromatic heterocycles. The first-order valence-corrected chi connectivity index (χ1v) is 8.00. The third kappa shape index (κ3) is 1.71. The quantitative estimate of drug-likeness (QED) is 0.672. The predicted molar refractivity (Wildman–Crippen MR) is 51.7 cm³/mol. The van der Waals surface area contributed by atoms with Crippen LogP contribution in [0, 0.1) is 0 Å². The van der Waals surface area contributed by atoms with Gasteiger partial charge in [-0.2, -0.15) is 0 Å². The van der Waals surface area contributed by atoms with Crippen LogP contribution >= 0.6 is 0 Å². The van der Waals surface area contributed by atoms with Crippen molar-refractivity contribution in [3.63, 3.8) is 0 Å². The normalized spacial score (nSPS) is 23.0. The molecule has 0 radical (unpaired) electrons. The largest absolute Gasteiger partial charge is 0.351 e. The van der Waals surface area contributed by atoms with Crippen molar-refractivity contribution >= 4 is 8.07 Å². The summed E-state index contributed by atoms with van der Waals surface area (Å²) in [5, 5.41) is 0. The summed E-state index contributed by atoms with van der Waals surface area (Å²) in [6.45, 7) is 8.87. The molecule has 0 atom stereocenters. The number of ether oxygens (including phenoxy) is 2. The Labute approximate surface area is 75.2 Å². The molecule has 1 saturated heterocycles. The van der Waals surface area contributed by atoms with Crippen LogP contribution in [0.1, 0.15) is 6.42 Å². The third-order valence-corrected chi connectivity index (χ3v) is 5.19. The minimum Gasteiger partial charge on any atom is -0.351 e. The molecule has 0 aromatic rings. The number of nitrogens with two attached hydrogens (primary N) is 1. The molecular formula is C8H19NO2Si. The van der Waals surface area contributed by atoms with Crippen LogP contribution < -0.4 is 5.73 Å². The smallest absolute Gasteiger partial charge is 0.152 e. The highest BCUT2D eigenvalue weighted by molar-refractivity contribution is 6.78. The van der Waals surface area contributed by atoms with Crippen LogP contribution in [0.4, 0.5) is 0 Å². The van der Waals surface area contributed by atoms with Gasteiger partial charge in [0, 0.05) is 6.42 Å². The second-order valence-corrected chi connectivity index (χ2v) is 9.50. The van der Waals surface area contributed by atoms with Gasteiger partial charge in [-0.25, -0.2) is 0 Å². The van der Waals surface area contributed by atoms with Crippen LogP contribution in [0.25, 0.3) is 0 Å². The number of hydrogen-bond acceptors (Lipinski definition) is 3. The lowest BCUT2D eigenvalue weighted by Crippen LogP contribution is -2.54. The Kier molecular flexibility index (Phi) is 2.93. The molecule has 0 aromatic carbocycles. The summed E-state index contributed by atoms with van der Waals surface area (Å²) in [6, 6.07) is 0. The van der Waals surface area contributed by atoms with Crippen LogP contribution in [-0.2, 0) is 9.47 Å². The van der Waals surface area contributed by atoms with Crippen LogP contribution in [0.3, 0.4) is 0 Å². The van der Waals surface area contributed by atoms with Gasteiger partial charge in [0.05, 0.1) is 13.2 Å². The Balaban J connectivity index is 2.72. The first-order chi connectivity index (χ1) is 5.52. The molecule has 1 heterocycles. The van der Waals surface area contributed by atoms with Crippen LogP contribution in [-0.4, -0.2) is 33.2 Å². The summed E-state index contributed by atoms with van der Waals surface area (Å²) in [7, 11) is -1.42. The molecule has 0 saturated carbocycles. The van der Waals surface area contributed by atoms with Crippen molar-refractivity contribution in [3.05, 3.63) is 0 Å². The molecule has 0 unspecified atom stereocenters. The Bertz CT molecular complexity index is 150. The molecule has 1 fully saturated rings. The van der Waals surface area contributed by atoms with E-state index in [1.807, 2.05) is 0 Å². The zero-order chi connectivity index (χ0) is 9.24. The van der Waals surface area contributed by atoms with Crippen molar-refractivity contribution in [2.24, 2.45) is 5.73 Å². The fourth-order valence-electron chi connectivity index (χ4n) is 1.60. The lowest BCUT2D eigenvalue weighted by atomic mass is 10.4. The van der Waals surface area contributed by atoms with Gasteiger partial charge in [-0.15, -0.1) is 0 Å². The van der Waals surface area contributed by atoms with Crippen molar-refractivity contribution in [3.8, 4) is 0 Å². The van der Waals surface area contributed by atoms with Gasteiger partial charge in [0.15, 0.2) is 5.41 Å². The summed E-state index contributed by atoms with van der Waals surface area (Å²) < 4.78 is 11.4. The van der Waals surface area contributed by atoms with Crippen LogP contribution in [0.15, 0.2) is 0 Å². The van der Waals surface area contributed by atoms with E-state index < -0.39 is 8.07 Å². The average molecular weight is 189 g/mol. The molecule has 72 valence electrons. The lowest BCUT2D eigenvalue weighted by molar-refractivity contribution is -0.0978. The third-order valence-electron chi connectivity index (χ3n) is 2.37. The van der Waals surface area contributed by atoms with Crippen molar-refractivity contribution in [2.45, 2.75) is 31.5 Å². The highest BCUT2D eigenvalue weighted by Gasteiger charge is 2.47. The van der Waals surface area contributed by atoms with Crippen LogP contribution in [0.5, 0.6) is 0 Å². The van der Waals surface area contributed by atoms with Gasteiger partial charge >= 0.3 is 0 Å². The fourth-order valence-corrected chi connectivity index (χ4v) is 3.56. The average Bonchev–Trinajstić information content (AvgIpc) is 2.36. The minimum atomic E-state index is -1.42. The Morgan fingerprint density at radius 1 is 1.25 bits per heavy atom. The van der Waals surface area contributed by atoms with Crippen molar-refractivity contribution in [1.29, 1.82) is 0 Å². The zero-order valence-corrected chi connectivity index (χ0v) is 9.22. The van der Waals surface area contributed by atoms with Crippen LogP contribution in [0.2, 0.25) is 19.6 Å². The number of rotatable bonds is 3. The molecule has 0 spiro atoms. The van der Waals surface area contributed by atoms with Gasteiger partial charge in [0.25, 0.3) is 0 Å². The monoisotopic (exact) mass is 189 g/mol. The molecule has 12 heavy (non-hydrogen) atoms. The topological polar surface area (TPSA) is 44.5 Å². The highest BCUT2D eigenvalue weighted by Crippen LogP contribution is 2.32. The minimum absolute atomic E-state index is 0.304. The Morgan fingerprint density at radius 3 is 2.08 bits per heavy atom. The maximum atomic E-state index is 5.70. The lowest BCUT2D eigenvalue weighted by Gasteiger charge is -2.38. The van der Waals surface area contributed by atoms with Gasteiger partial charge < -0.3 is 15.2 Å². The summed E-state index contributed by atoms with van der Waals surface area (Å²) >= 11 is 0. The van der Waals surface area contributed by atoms with E-state index in [-0.39, 0.29) is 5.41 Å². The molecule has 0 amide bonds. The Morgan fingerprint density at radius 2 is 1.75 bits per heavy atom. The van der Waals surface area contributed by atoms with E-state index in [4.69, 9.17) is 15.2 Å². The van der Waals surface area contributed by atoms with E-state index in [0.29, 0.717) is 6.54 Å². The predicted octanol–water partition coefficient (Wildman–Crippen LogP) is 0.956. The van der Waals surface area contributed by atoms with Crippen molar-refractivity contribution in [1.82, 2.24) is 0 Å². The summed E-state index contributed by atoms with van der Waals surface area (Å²) in [6.07, 6.45) is 0.836. The molecule has 0 bridgehead atoms.